The van der Waals surface area contributed by atoms with Gasteiger partial charge in [0.15, 0.2) is 11.6 Å². The molecule has 9 heteroatoms. The molecule has 3 aliphatic heterocycles. The molecule has 2 fully saturated rings. The molecule has 1 aromatic rings. The molecule has 32 heavy (non-hydrogen) atoms. The highest BCUT2D eigenvalue weighted by Crippen LogP contribution is 2.58. The van der Waals surface area contributed by atoms with Crippen LogP contribution < -0.4 is 0 Å². The fourth-order valence-electron chi connectivity index (χ4n) is 6.49. The van der Waals surface area contributed by atoms with E-state index in [1.54, 1.807) is 6.92 Å². The monoisotopic (exact) mass is 442 g/mol. The number of ether oxygens (including phenoxy) is 2. The van der Waals surface area contributed by atoms with E-state index < -0.39 is 59.1 Å². The van der Waals surface area contributed by atoms with Gasteiger partial charge in [-0.15, -0.1) is 0 Å². The van der Waals surface area contributed by atoms with E-state index in [-0.39, 0.29) is 58.1 Å². The van der Waals surface area contributed by atoms with Crippen molar-refractivity contribution in [3.05, 3.63) is 33.4 Å². The third-order valence-electron chi connectivity index (χ3n) is 7.92. The number of aliphatic hydroxyl groups excluding tert-OH is 1. The molecule has 1 aromatic carbocycles. The number of hydrogen-bond acceptors (Lipinski definition) is 9. The van der Waals surface area contributed by atoms with Crippen molar-refractivity contribution in [1.29, 1.82) is 0 Å². The van der Waals surface area contributed by atoms with Gasteiger partial charge in [-0.3, -0.25) is 14.4 Å². The molecular weight excluding hydrogens is 420 g/mol. The molecule has 0 radical (unpaired) electrons. The maximum Gasteiger partial charge on any atom is 0.306 e. The van der Waals surface area contributed by atoms with Crippen molar-refractivity contribution in [2.24, 2.45) is 5.92 Å². The Morgan fingerprint density at radius 2 is 1.62 bits per heavy atom. The largest absolute Gasteiger partial charge is 0.507 e. The van der Waals surface area contributed by atoms with Crippen LogP contribution in [-0.2, 0) is 14.3 Å². The number of phenolic OH excluding ortho intramolecular Hbond substituents is 2. The summed E-state index contributed by atoms with van der Waals surface area (Å²) >= 11 is 0. The SMILES string of the molecule is C[C@H]1C[C@H]2CC(=O)O[C@@H]2c2c(O)c3c(c(O)c21)C(=O)C1=C(C3=O)[C@H]2C[C@H](O)[C@]1(O)[C@@H](C)O2. The number of esters is 1. The van der Waals surface area contributed by atoms with Crippen LogP contribution >= 0.6 is 0 Å². The molecule has 7 atom stereocenters. The Labute approximate surface area is 182 Å². The number of aromatic hydroxyl groups is 2. The summed E-state index contributed by atoms with van der Waals surface area (Å²) in [5, 5.41) is 44.2. The van der Waals surface area contributed by atoms with Crippen LogP contribution in [0.1, 0.15) is 77.0 Å². The molecule has 2 bridgehead atoms. The van der Waals surface area contributed by atoms with E-state index in [1.165, 1.54) is 6.92 Å². The van der Waals surface area contributed by atoms with Gasteiger partial charge in [0.2, 0.25) is 0 Å². The highest BCUT2D eigenvalue weighted by Gasteiger charge is 2.62. The number of carbonyl (C=O) groups is 3. The number of benzene rings is 1. The van der Waals surface area contributed by atoms with E-state index in [0.29, 0.717) is 6.42 Å². The standard InChI is InChI=1S/C23H22O9/c1-6-3-8-4-11(25)32-22(8)16-12(6)18(26)15-14(20(16)28)19(27)13-9-5-10(24)23(30,7(2)31-9)17(13)21(15)29/h6-10,22,24,26,28,30H,3-5H2,1-2H3/t6-,7+,8-,9+,10-,22-,23+/m0/s1. The Morgan fingerprint density at radius 1 is 0.969 bits per heavy atom. The number of carbonyl (C=O) groups excluding carboxylic acids is 3. The Kier molecular flexibility index (Phi) is 3.72. The Hall–Kier alpha value is -2.75. The van der Waals surface area contributed by atoms with Crippen LogP contribution in [0.2, 0.25) is 0 Å². The maximum atomic E-state index is 13.6. The number of Topliss-reactive ketones (excluding diaryl/α,β-unsaturated/α-hetero) is 2. The molecule has 6 aliphatic rings. The van der Waals surface area contributed by atoms with Gasteiger partial charge in [-0.25, -0.2) is 0 Å². The second-order valence-electron chi connectivity index (χ2n) is 9.58. The minimum Gasteiger partial charge on any atom is -0.507 e. The number of hydrogen-bond donors (Lipinski definition) is 4. The molecule has 3 aliphatic carbocycles. The molecular formula is C23H22O9. The third kappa shape index (κ3) is 2.07. The first kappa shape index (κ1) is 19.9. The third-order valence-corrected chi connectivity index (χ3v) is 7.92. The van der Waals surface area contributed by atoms with Crippen LogP contribution in [0.15, 0.2) is 11.1 Å². The first-order chi connectivity index (χ1) is 15.1. The molecule has 3 heterocycles. The van der Waals surface area contributed by atoms with Crippen LogP contribution in [0.25, 0.3) is 0 Å². The van der Waals surface area contributed by atoms with Gasteiger partial charge in [-0.2, -0.15) is 0 Å². The summed E-state index contributed by atoms with van der Waals surface area (Å²) in [7, 11) is 0. The smallest absolute Gasteiger partial charge is 0.306 e. The Morgan fingerprint density at radius 3 is 2.31 bits per heavy atom. The normalized spacial score (nSPS) is 39.4. The lowest BCUT2D eigenvalue weighted by Crippen LogP contribution is -2.66. The lowest BCUT2D eigenvalue weighted by Gasteiger charge is -2.52. The topological polar surface area (TPSA) is 151 Å². The Balaban J connectivity index is 1.64. The summed E-state index contributed by atoms with van der Waals surface area (Å²) in [6.45, 7) is 3.31. The van der Waals surface area contributed by atoms with E-state index in [4.69, 9.17) is 9.47 Å². The van der Waals surface area contributed by atoms with Gasteiger partial charge in [0.1, 0.15) is 23.2 Å². The number of rotatable bonds is 0. The zero-order chi connectivity index (χ0) is 22.9. The quantitative estimate of drug-likeness (QED) is 0.343. The second kappa shape index (κ2) is 5.98. The second-order valence-corrected chi connectivity index (χ2v) is 9.58. The van der Waals surface area contributed by atoms with Gasteiger partial charge in [0, 0.05) is 34.6 Å². The van der Waals surface area contributed by atoms with Crippen molar-refractivity contribution in [3.63, 3.8) is 0 Å². The molecule has 0 aromatic heterocycles. The predicted octanol–water partition coefficient (Wildman–Crippen LogP) is 1.17. The van der Waals surface area contributed by atoms with Crippen molar-refractivity contribution in [1.82, 2.24) is 0 Å². The van der Waals surface area contributed by atoms with Crippen LogP contribution in [0.3, 0.4) is 0 Å². The highest BCUT2D eigenvalue weighted by molar-refractivity contribution is 6.30. The van der Waals surface area contributed by atoms with E-state index in [1.807, 2.05) is 0 Å². The summed E-state index contributed by atoms with van der Waals surface area (Å²) in [6, 6.07) is 0. The van der Waals surface area contributed by atoms with Crippen molar-refractivity contribution < 1.29 is 44.3 Å². The zero-order valence-corrected chi connectivity index (χ0v) is 17.4. The predicted molar refractivity (Wildman–Crippen MR) is 105 cm³/mol. The summed E-state index contributed by atoms with van der Waals surface area (Å²) in [5.74, 6) is -3.45. The van der Waals surface area contributed by atoms with Crippen molar-refractivity contribution in [3.8, 4) is 11.5 Å². The molecule has 0 amide bonds. The number of phenols is 2. The number of aliphatic hydroxyl groups is 2. The van der Waals surface area contributed by atoms with Gasteiger partial charge in [-0.1, -0.05) is 6.92 Å². The van der Waals surface area contributed by atoms with Crippen LogP contribution in [0.5, 0.6) is 11.5 Å². The molecule has 4 N–H and O–H groups in total. The minimum absolute atomic E-state index is 0.0783. The van der Waals surface area contributed by atoms with Gasteiger partial charge >= 0.3 is 5.97 Å². The molecule has 7 rings (SSSR count). The van der Waals surface area contributed by atoms with Crippen molar-refractivity contribution in [2.45, 2.75) is 69.0 Å². The summed E-state index contributed by atoms with van der Waals surface area (Å²) < 4.78 is 11.1. The Bertz CT molecular complexity index is 1170. The fraction of sp³-hybridized carbons (Fsp3) is 0.522. The molecule has 2 saturated heterocycles. The lowest BCUT2D eigenvalue weighted by atomic mass is 9.62. The average Bonchev–Trinajstić information content (AvgIpc) is 3.09. The van der Waals surface area contributed by atoms with Gasteiger partial charge in [0.05, 0.1) is 35.9 Å². The molecule has 0 spiro atoms. The van der Waals surface area contributed by atoms with E-state index >= 15 is 0 Å². The minimum atomic E-state index is -2.11. The zero-order valence-electron chi connectivity index (χ0n) is 17.4. The molecule has 0 unspecified atom stereocenters. The first-order valence-electron chi connectivity index (χ1n) is 10.8. The number of fused-ring (bicyclic) bond motifs is 6. The van der Waals surface area contributed by atoms with Crippen molar-refractivity contribution >= 4 is 17.5 Å². The van der Waals surface area contributed by atoms with E-state index in [2.05, 4.69) is 0 Å². The first-order valence-corrected chi connectivity index (χ1v) is 10.8. The summed E-state index contributed by atoms with van der Waals surface area (Å²) in [4.78, 5) is 39.1. The van der Waals surface area contributed by atoms with Gasteiger partial charge in [-0.05, 0) is 19.3 Å². The summed E-state index contributed by atoms with van der Waals surface area (Å²) in [6.07, 6.45) is -3.41. The van der Waals surface area contributed by atoms with Crippen LogP contribution in [0.4, 0.5) is 0 Å². The number of ketones is 2. The lowest BCUT2D eigenvalue weighted by molar-refractivity contribution is -0.207. The highest BCUT2D eigenvalue weighted by atomic mass is 16.6. The van der Waals surface area contributed by atoms with Crippen LogP contribution in [0, 0.1) is 5.92 Å². The van der Waals surface area contributed by atoms with Gasteiger partial charge in [0.25, 0.3) is 0 Å². The average molecular weight is 442 g/mol. The summed E-state index contributed by atoms with van der Waals surface area (Å²) in [5.41, 5.74) is -2.82. The molecule has 168 valence electrons. The van der Waals surface area contributed by atoms with Crippen LogP contribution in [-0.4, -0.2) is 61.9 Å². The van der Waals surface area contributed by atoms with E-state index in [9.17, 15) is 34.8 Å². The van der Waals surface area contributed by atoms with E-state index in [0.717, 1.165) is 0 Å². The molecule has 0 saturated carbocycles. The molecule has 9 nitrogen and oxygen atoms in total. The van der Waals surface area contributed by atoms with Gasteiger partial charge < -0.3 is 29.9 Å². The maximum absolute atomic E-state index is 13.6. The fourth-order valence-corrected chi connectivity index (χ4v) is 6.49. The van der Waals surface area contributed by atoms with Crippen molar-refractivity contribution in [2.75, 3.05) is 0 Å².